The van der Waals surface area contributed by atoms with E-state index in [0.717, 1.165) is 12.8 Å². The summed E-state index contributed by atoms with van der Waals surface area (Å²) in [7, 11) is -3.96. The molecule has 11 heteroatoms. The average Bonchev–Trinajstić information content (AvgIpc) is 3.18. The molecule has 1 amide bonds. The molecule has 31 heavy (non-hydrogen) atoms. The van der Waals surface area contributed by atoms with Gasteiger partial charge in [0.1, 0.15) is 6.04 Å². The SMILES string of the molecule is Cc1cccc(Br)c1S(=O)(=O)NC(CCn1ccnc1NO)C(=O)N1CCC(C)CC1. The minimum absolute atomic E-state index is 0.125. The van der Waals surface area contributed by atoms with Gasteiger partial charge in [-0.2, -0.15) is 4.72 Å². The molecular formula is C20H28BrN5O4S. The van der Waals surface area contributed by atoms with Gasteiger partial charge >= 0.3 is 0 Å². The monoisotopic (exact) mass is 513 g/mol. The summed E-state index contributed by atoms with van der Waals surface area (Å²) in [6, 6.07) is 4.19. The number of nitrogens with zero attached hydrogens (tertiary/aromatic N) is 3. The number of carbonyl (C=O) groups is 1. The van der Waals surface area contributed by atoms with Crippen molar-refractivity contribution in [3.63, 3.8) is 0 Å². The second kappa shape index (κ2) is 10.1. The van der Waals surface area contributed by atoms with Gasteiger partial charge in [0.15, 0.2) is 0 Å². The fourth-order valence-corrected chi connectivity index (χ4v) is 6.39. The number of anilines is 1. The average molecular weight is 514 g/mol. The van der Waals surface area contributed by atoms with E-state index >= 15 is 0 Å². The highest BCUT2D eigenvalue weighted by molar-refractivity contribution is 9.10. The summed E-state index contributed by atoms with van der Waals surface area (Å²) < 4.78 is 31.1. The van der Waals surface area contributed by atoms with E-state index in [1.54, 1.807) is 40.8 Å². The Morgan fingerprint density at radius 3 is 2.71 bits per heavy atom. The first-order valence-corrected chi connectivity index (χ1v) is 12.5. The molecule has 0 bridgehead atoms. The van der Waals surface area contributed by atoms with Gasteiger partial charge in [0.25, 0.3) is 0 Å². The molecule has 9 nitrogen and oxygen atoms in total. The van der Waals surface area contributed by atoms with Crippen LogP contribution in [-0.2, 0) is 21.4 Å². The zero-order chi connectivity index (χ0) is 22.6. The van der Waals surface area contributed by atoms with Gasteiger partial charge in [0, 0.05) is 36.5 Å². The zero-order valence-electron chi connectivity index (χ0n) is 17.6. The Kier molecular flexibility index (Phi) is 7.73. The van der Waals surface area contributed by atoms with Crippen molar-refractivity contribution in [3.05, 3.63) is 40.6 Å². The van der Waals surface area contributed by atoms with Gasteiger partial charge in [-0.3, -0.25) is 10.0 Å². The predicted molar refractivity (Wildman–Crippen MR) is 120 cm³/mol. The van der Waals surface area contributed by atoms with Gasteiger partial charge in [-0.15, -0.1) is 0 Å². The largest absolute Gasteiger partial charge is 0.341 e. The van der Waals surface area contributed by atoms with Gasteiger partial charge in [-0.05, 0) is 59.7 Å². The smallest absolute Gasteiger partial charge is 0.242 e. The van der Waals surface area contributed by atoms with E-state index in [2.05, 4.69) is 32.6 Å². The molecule has 1 aliphatic heterocycles. The fraction of sp³-hybridized carbons (Fsp3) is 0.500. The van der Waals surface area contributed by atoms with Crippen molar-refractivity contribution in [2.45, 2.75) is 50.6 Å². The van der Waals surface area contributed by atoms with Crippen molar-refractivity contribution in [1.29, 1.82) is 0 Å². The van der Waals surface area contributed by atoms with Gasteiger partial charge < -0.3 is 9.47 Å². The molecule has 0 radical (unpaired) electrons. The number of sulfonamides is 1. The lowest BCUT2D eigenvalue weighted by Crippen LogP contribution is -2.51. The third-order valence-electron chi connectivity index (χ3n) is 5.60. The Hall–Kier alpha value is -1.95. The first-order valence-electron chi connectivity index (χ1n) is 10.2. The number of aromatic nitrogens is 2. The normalized spacial score (nSPS) is 16.3. The molecule has 1 aromatic heterocycles. The van der Waals surface area contributed by atoms with Gasteiger partial charge in [-0.25, -0.2) is 18.9 Å². The predicted octanol–water partition coefficient (Wildman–Crippen LogP) is 2.75. The highest BCUT2D eigenvalue weighted by Crippen LogP contribution is 2.26. The standard InChI is InChI=1S/C20H28BrN5O4S/c1-14-6-10-25(11-7-14)19(27)17(8-12-26-13-9-22-20(26)23-28)24-31(29,30)18-15(2)4-3-5-16(18)21/h3-5,9,13-14,17,24,28H,6-8,10-12H2,1-2H3,(H,22,23). The molecule has 0 spiro atoms. The summed E-state index contributed by atoms with van der Waals surface area (Å²) in [5.74, 6) is 0.535. The first-order chi connectivity index (χ1) is 14.7. The Balaban J connectivity index is 1.85. The van der Waals surface area contributed by atoms with Crippen LogP contribution in [0, 0.1) is 12.8 Å². The number of piperidine rings is 1. The molecule has 170 valence electrons. The number of halogens is 1. The van der Waals surface area contributed by atoms with Crippen LogP contribution in [0.15, 0.2) is 40.0 Å². The fourth-order valence-electron chi connectivity index (χ4n) is 3.76. The summed E-state index contributed by atoms with van der Waals surface area (Å²) in [6.07, 6.45) is 5.16. The molecule has 2 heterocycles. The molecule has 0 aliphatic carbocycles. The summed E-state index contributed by atoms with van der Waals surface area (Å²) in [6.45, 7) is 5.38. The van der Waals surface area contributed by atoms with E-state index in [4.69, 9.17) is 0 Å². The summed E-state index contributed by atoms with van der Waals surface area (Å²) in [5.41, 5.74) is 2.58. The van der Waals surface area contributed by atoms with E-state index in [1.165, 1.54) is 6.20 Å². The first kappa shape index (κ1) is 23.7. The van der Waals surface area contributed by atoms with Crippen LogP contribution >= 0.6 is 15.9 Å². The van der Waals surface area contributed by atoms with E-state index in [9.17, 15) is 18.4 Å². The highest BCUT2D eigenvalue weighted by Gasteiger charge is 2.32. The number of rotatable bonds is 8. The molecule has 1 unspecified atom stereocenters. The highest BCUT2D eigenvalue weighted by atomic mass is 79.9. The molecule has 1 aromatic carbocycles. The van der Waals surface area contributed by atoms with Crippen LogP contribution in [0.4, 0.5) is 5.95 Å². The molecule has 3 rings (SSSR count). The number of nitrogens with one attached hydrogen (secondary N) is 2. The Morgan fingerprint density at radius 2 is 2.06 bits per heavy atom. The van der Waals surface area contributed by atoms with E-state index < -0.39 is 16.1 Å². The van der Waals surface area contributed by atoms with Crippen molar-refractivity contribution in [2.75, 3.05) is 18.6 Å². The molecule has 2 aromatic rings. The third-order valence-corrected chi connectivity index (χ3v) is 8.19. The van der Waals surface area contributed by atoms with Crippen LogP contribution in [0.2, 0.25) is 0 Å². The zero-order valence-corrected chi connectivity index (χ0v) is 20.0. The Labute approximate surface area is 191 Å². The lowest BCUT2D eigenvalue weighted by Gasteiger charge is -2.33. The van der Waals surface area contributed by atoms with E-state index in [-0.39, 0.29) is 23.2 Å². The minimum atomic E-state index is -3.96. The molecule has 1 atom stereocenters. The quantitative estimate of drug-likeness (QED) is 0.467. The number of carbonyl (C=O) groups excluding carboxylic acids is 1. The molecule has 1 fully saturated rings. The second-order valence-electron chi connectivity index (χ2n) is 7.91. The van der Waals surface area contributed by atoms with Crippen LogP contribution in [-0.4, -0.2) is 53.1 Å². The lowest BCUT2D eigenvalue weighted by molar-refractivity contribution is -0.134. The molecular weight excluding hydrogens is 486 g/mol. The van der Waals surface area contributed by atoms with Gasteiger partial charge in [0.2, 0.25) is 21.9 Å². The number of amides is 1. The van der Waals surface area contributed by atoms with Crippen LogP contribution < -0.4 is 10.2 Å². The number of imidazole rings is 1. The van der Waals surface area contributed by atoms with Crippen molar-refractivity contribution >= 4 is 37.8 Å². The molecule has 1 saturated heterocycles. The van der Waals surface area contributed by atoms with E-state index in [1.807, 2.05) is 5.48 Å². The Bertz CT molecular complexity index is 998. The summed E-state index contributed by atoms with van der Waals surface area (Å²) >= 11 is 3.32. The van der Waals surface area contributed by atoms with Gasteiger partial charge in [0.05, 0.1) is 4.90 Å². The number of hydrogen-bond donors (Lipinski definition) is 3. The van der Waals surface area contributed by atoms with Crippen LogP contribution in [0.3, 0.4) is 0 Å². The number of benzene rings is 1. The number of hydrogen-bond acceptors (Lipinski definition) is 6. The molecule has 0 saturated carbocycles. The molecule has 3 N–H and O–H groups in total. The van der Waals surface area contributed by atoms with Crippen molar-refractivity contribution in [1.82, 2.24) is 19.2 Å². The van der Waals surface area contributed by atoms with Gasteiger partial charge in [-0.1, -0.05) is 19.1 Å². The number of aryl methyl sites for hydroxylation is 2. The van der Waals surface area contributed by atoms with Crippen LogP contribution in [0.25, 0.3) is 0 Å². The lowest BCUT2D eigenvalue weighted by atomic mass is 9.98. The third kappa shape index (κ3) is 5.65. The maximum absolute atomic E-state index is 13.3. The van der Waals surface area contributed by atoms with Crippen molar-refractivity contribution < 1.29 is 18.4 Å². The van der Waals surface area contributed by atoms with Crippen LogP contribution in [0.1, 0.15) is 31.7 Å². The summed E-state index contributed by atoms with van der Waals surface area (Å²) in [4.78, 5) is 19.1. The van der Waals surface area contributed by atoms with Crippen molar-refractivity contribution in [2.24, 2.45) is 5.92 Å². The van der Waals surface area contributed by atoms with E-state index in [0.29, 0.717) is 35.6 Å². The van der Waals surface area contributed by atoms with Crippen molar-refractivity contribution in [3.8, 4) is 0 Å². The maximum atomic E-state index is 13.3. The summed E-state index contributed by atoms with van der Waals surface area (Å²) in [5, 5.41) is 9.18. The Morgan fingerprint density at radius 1 is 1.35 bits per heavy atom. The minimum Gasteiger partial charge on any atom is -0.341 e. The van der Waals surface area contributed by atoms with Crippen LogP contribution in [0.5, 0.6) is 0 Å². The second-order valence-corrected chi connectivity index (χ2v) is 10.4. The molecule has 1 aliphatic rings. The maximum Gasteiger partial charge on any atom is 0.242 e. The topological polar surface area (TPSA) is 117 Å². The number of likely N-dealkylation sites (tertiary alicyclic amines) is 1.